The van der Waals surface area contributed by atoms with Gasteiger partial charge in [-0.1, -0.05) is 36.9 Å². The third-order valence-corrected chi connectivity index (χ3v) is 7.31. The summed E-state index contributed by atoms with van der Waals surface area (Å²) in [6.07, 6.45) is -0.234. The molecule has 0 bridgehead atoms. The van der Waals surface area contributed by atoms with Crippen LogP contribution in [0, 0.1) is 6.92 Å². The lowest BCUT2D eigenvalue weighted by Gasteiger charge is -2.33. The summed E-state index contributed by atoms with van der Waals surface area (Å²) in [6, 6.07) is 9.94. The number of rotatable bonds is 10. The Morgan fingerprint density at radius 3 is 2.47 bits per heavy atom. The number of amides is 2. The maximum Gasteiger partial charge on any atom is 0.272 e. The maximum absolute atomic E-state index is 13.2. The topological polar surface area (TPSA) is 144 Å². The number of anilines is 1. The Hall–Kier alpha value is -3.64. The molecule has 1 aromatic carbocycles. The van der Waals surface area contributed by atoms with Gasteiger partial charge in [-0.2, -0.15) is 0 Å². The summed E-state index contributed by atoms with van der Waals surface area (Å²) in [4.78, 5) is 43.5. The second-order valence-electron chi connectivity index (χ2n) is 10.4. The molecular weight excluding hydrogens is 508 g/mol. The molecule has 38 heavy (non-hydrogen) atoms. The first kappa shape index (κ1) is 28.9. The van der Waals surface area contributed by atoms with E-state index in [1.807, 2.05) is 32.6 Å². The molecule has 1 aromatic heterocycles. The Labute approximate surface area is 223 Å². The van der Waals surface area contributed by atoms with Crippen LogP contribution in [-0.2, 0) is 25.4 Å². The molecule has 1 aliphatic heterocycles. The molecule has 1 fully saturated rings. The van der Waals surface area contributed by atoms with Gasteiger partial charge in [0.05, 0.1) is 19.0 Å². The van der Waals surface area contributed by atoms with Gasteiger partial charge in [0.15, 0.2) is 0 Å². The summed E-state index contributed by atoms with van der Waals surface area (Å²) in [5.74, 6) is -0.581. The van der Waals surface area contributed by atoms with Crippen LogP contribution in [0.4, 0.5) is 5.69 Å². The van der Waals surface area contributed by atoms with E-state index < -0.39 is 27.3 Å². The van der Waals surface area contributed by atoms with Crippen LogP contribution in [0.2, 0.25) is 0 Å². The van der Waals surface area contributed by atoms with Crippen molar-refractivity contribution in [2.75, 3.05) is 17.9 Å². The number of carbonyl (C=O) groups is 2. The molecule has 206 valence electrons. The smallest absolute Gasteiger partial charge is 0.272 e. The standard InChI is InChI=1S/C26H36N6O5S/c1-17-12-21(23(24(35)28-17)30-38(36,37)14-20-10-8-7-9-11-20)25-31(13-22(34)29-26(4,5)6)18(2)19(3)32(25)15-27-16-33/h7-12,16,18,25,30H,3,13-15H2,1-2,4-6H3,(H,27,33)(H,28,35)(H,29,34). The van der Waals surface area contributed by atoms with Crippen molar-refractivity contribution in [1.29, 1.82) is 0 Å². The lowest BCUT2D eigenvalue weighted by atomic mass is 10.1. The number of benzene rings is 1. The molecule has 0 aliphatic carbocycles. The number of nitrogens with one attached hydrogen (secondary N) is 4. The average molecular weight is 545 g/mol. The van der Waals surface area contributed by atoms with Crippen LogP contribution in [-0.4, -0.2) is 60.3 Å². The van der Waals surface area contributed by atoms with Crippen LogP contribution in [0.5, 0.6) is 0 Å². The molecule has 0 saturated carbocycles. The number of H-pyrrole nitrogens is 1. The first-order valence-corrected chi connectivity index (χ1v) is 13.8. The van der Waals surface area contributed by atoms with Crippen molar-refractivity contribution in [2.45, 2.75) is 58.1 Å². The Bertz CT molecular complexity index is 1350. The van der Waals surface area contributed by atoms with E-state index in [-0.39, 0.29) is 36.6 Å². The number of pyridine rings is 1. The third kappa shape index (κ3) is 7.01. The first-order valence-electron chi connectivity index (χ1n) is 12.2. The zero-order valence-electron chi connectivity index (χ0n) is 22.4. The fourth-order valence-electron chi connectivity index (χ4n) is 4.50. The van der Waals surface area contributed by atoms with Gasteiger partial charge in [-0.05, 0) is 46.2 Å². The molecule has 2 aromatic rings. The van der Waals surface area contributed by atoms with Crippen LogP contribution in [0.25, 0.3) is 0 Å². The molecule has 1 aliphatic rings. The molecule has 12 heteroatoms. The Kier molecular flexibility index (Phi) is 8.68. The lowest BCUT2D eigenvalue weighted by molar-refractivity contribution is -0.124. The van der Waals surface area contributed by atoms with Gasteiger partial charge in [0.1, 0.15) is 11.9 Å². The summed E-state index contributed by atoms with van der Waals surface area (Å²) >= 11 is 0. The van der Waals surface area contributed by atoms with Crippen LogP contribution >= 0.6 is 0 Å². The maximum atomic E-state index is 13.2. The molecule has 2 unspecified atom stereocenters. The number of aromatic nitrogens is 1. The highest BCUT2D eigenvalue weighted by Gasteiger charge is 2.43. The van der Waals surface area contributed by atoms with Gasteiger partial charge in [-0.3, -0.25) is 24.0 Å². The van der Waals surface area contributed by atoms with Gasteiger partial charge in [-0.15, -0.1) is 0 Å². The summed E-state index contributed by atoms with van der Waals surface area (Å²) in [7, 11) is -3.98. The molecular formula is C26H36N6O5S. The quantitative estimate of drug-likeness (QED) is 0.334. The van der Waals surface area contributed by atoms with E-state index in [9.17, 15) is 22.8 Å². The predicted molar refractivity (Wildman–Crippen MR) is 146 cm³/mol. The van der Waals surface area contributed by atoms with Crippen molar-refractivity contribution in [3.63, 3.8) is 0 Å². The van der Waals surface area contributed by atoms with E-state index in [4.69, 9.17) is 0 Å². The number of carbonyl (C=O) groups excluding carboxylic acids is 2. The van der Waals surface area contributed by atoms with Crippen LogP contribution < -0.4 is 20.9 Å². The lowest BCUT2D eigenvalue weighted by Crippen LogP contribution is -2.48. The number of aryl methyl sites for hydroxylation is 1. The minimum atomic E-state index is -3.98. The van der Waals surface area contributed by atoms with E-state index in [0.717, 1.165) is 0 Å². The number of sulfonamides is 1. The Morgan fingerprint density at radius 1 is 1.21 bits per heavy atom. The van der Waals surface area contributed by atoms with Crippen LogP contribution in [0.1, 0.15) is 50.7 Å². The average Bonchev–Trinajstić information content (AvgIpc) is 3.02. The van der Waals surface area contributed by atoms with Gasteiger partial charge in [0.25, 0.3) is 5.56 Å². The minimum Gasteiger partial charge on any atom is -0.350 e. The SMILES string of the molecule is C=C1C(C)N(CC(=O)NC(C)(C)C)C(c2cc(C)[nH]c(=O)c2NS(=O)(=O)Cc2ccccc2)N1CNC=O. The summed E-state index contributed by atoms with van der Waals surface area (Å²) in [5, 5.41) is 5.55. The monoisotopic (exact) mass is 544 g/mol. The normalized spacial score (nSPS) is 18.3. The molecule has 3 rings (SSSR count). The zero-order chi connectivity index (χ0) is 28.3. The minimum absolute atomic E-state index is 0.0385. The van der Waals surface area contributed by atoms with Crippen molar-refractivity contribution < 1.29 is 18.0 Å². The van der Waals surface area contributed by atoms with Crippen molar-refractivity contribution >= 4 is 28.0 Å². The van der Waals surface area contributed by atoms with Crippen molar-refractivity contribution in [3.05, 3.63) is 75.8 Å². The molecule has 0 spiro atoms. The van der Waals surface area contributed by atoms with Crippen molar-refractivity contribution in [1.82, 2.24) is 25.4 Å². The van der Waals surface area contributed by atoms with Crippen molar-refractivity contribution in [3.8, 4) is 0 Å². The van der Waals surface area contributed by atoms with Gasteiger partial charge < -0.3 is 20.5 Å². The first-order chi connectivity index (χ1) is 17.7. The van der Waals surface area contributed by atoms with Gasteiger partial charge in [0.2, 0.25) is 22.3 Å². The van der Waals surface area contributed by atoms with E-state index in [0.29, 0.717) is 28.9 Å². The number of aromatic amines is 1. The highest BCUT2D eigenvalue weighted by atomic mass is 32.2. The second kappa shape index (κ2) is 11.4. The molecule has 2 atom stereocenters. The van der Waals surface area contributed by atoms with Crippen molar-refractivity contribution in [2.24, 2.45) is 0 Å². The van der Waals surface area contributed by atoms with E-state index in [2.05, 4.69) is 26.9 Å². The number of hydrogen-bond acceptors (Lipinski definition) is 7. The highest BCUT2D eigenvalue weighted by molar-refractivity contribution is 7.91. The zero-order valence-corrected chi connectivity index (χ0v) is 23.2. The summed E-state index contributed by atoms with van der Waals surface area (Å²) in [6.45, 7) is 13.3. The summed E-state index contributed by atoms with van der Waals surface area (Å²) in [5.41, 5.74) is 0.756. The number of nitrogens with zero attached hydrogens (tertiary/aromatic N) is 2. The van der Waals surface area contributed by atoms with E-state index >= 15 is 0 Å². The van der Waals surface area contributed by atoms with Gasteiger partial charge >= 0.3 is 0 Å². The largest absolute Gasteiger partial charge is 0.350 e. The predicted octanol–water partition coefficient (Wildman–Crippen LogP) is 1.76. The van der Waals surface area contributed by atoms with E-state index in [1.54, 1.807) is 48.2 Å². The van der Waals surface area contributed by atoms with E-state index in [1.165, 1.54) is 0 Å². The van der Waals surface area contributed by atoms with Gasteiger partial charge in [0, 0.05) is 28.5 Å². The Morgan fingerprint density at radius 2 is 1.87 bits per heavy atom. The molecule has 2 amide bonds. The molecule has 2 heterocycles. The molecule has 11 nitrogen and oxygen atoms in total. The summed E-state index contributed by atoms with van der Waals surface area (Å²) < 4.78 is 28.8. The number of hydrogen-bond donors (Lipinski definition) is 4. The molecule has 1 saturated heterocycles. The third-order valence-electron chi connectivity index (χ3n) is 6.08. The highest BCUT2D eigenvalue weighted by Crippen LogP contribution is 2.40. The second-order valence-corrected chi connectivity index (χ2v) is 12.1. The Balaban J connectivity index is 2.09. The van der Waals surface area contributed by atoms with Crippen LogP contribution in [0.3, 0.4) is 0 Å². The molecule has 0 radical (unpaired) electrons. The molecule has 4 N–H and O–H groups in total. The van der Waals surface area contributed by atoms with Crippen LogP contribution in [0.15, 0.2) is 53.5 Å². The fourth-order valence-corrected chi connectivity index (χ4v) is 5.73. The van der Waals surface area contributed by atoms with Gasteiger partial charge in [-0.25, -0.2) is 8.42 Å². The fraction of sp³-hybridized carbons (Fsp3) is 0.423.